The standard InChI is InChI=1S/C16H16N2O3/c1-12-5-7-15(14(18-12)6-8-16(19)20)21-11-9-13-4-2-3-10-17-13/h2-8,10H,9,11H2,1H3,(H,19,20). The molecule has 2 aromatic rings. The number of aromatic nitrogens is 2. The Hall–Kier alpha value is -2.69. The van der Waals surface area contributed by atoms with E-state index >= 15 is 0 Å². The van der Waals surface area contributed by atoms with Crippen molar-refractivity contribution in [2.45, 2.75) is 13.3 Å². The van der Waals surface area contributed by atoms with Gasteiger partial charge >= 0.3 is 5.97 Å². The fourth-order valence-electron chi connectivity index (χ4n) is 1.77. The van der Waals surface area contributed by atoms with E-state index in [-0.39, 0.29) is 0 Å². The first-order valence-corrected chi connectivity index (χ1v) is 6.56. The Morgan fingerprint density at radius 2 is 2.19 bits per heavy atom. The molecule has 0 aromatic carbocycles. The lowest BCUT2D eigenvalue weighted by Gasteiger charge is -2.09. The zero-order valence-corrected chi connectivity index (χ0v) is 11.7. The predicted molar refractivity (Wildman–Crippen MR) is 79.1 cm³/mol. The molecule has 0 saturated heterocycles. The Kier molecular flexibility index (Phi) is 5.04. The molecule has 0 aliphatic carbocycles. The molecule has 5 heteroatoms. The van der Waals surface area contributed by atoms with Crippen molar-refractivity contribution in [3.05, 3.63) is 59.7 Å². The Balaban J connectivity index is 2.03. The summed E-state index contributed by atoms with van der Waals surface area (Å²) in [6.07, 6.45) is 4.90. The van der Waals surface area contributed by atoms with Crippen LogP contribution < -0.4 is 4.74 Å². The van der Waals surface area contributed by atoms with Crippen LogP contribution >= 0.6 is 0 Å². The summed E-state index contributed by atoms with van der Waals surface area (Å²) in [6, 6.07) is 9.35. The molecule has 0 atom stereocenters. The average Bonchev–Trinajstić information content (AvgIpc) is 2.48. The van der Waals surface area contributed by atoms with Crippen LogP contribution in [0.25, 0.3) is 6.08 Å². The van der Waals surface area contributed by atoms with Crippen LogP contribution in [-0.2, 0) is 11.2 Å². The van der Waals surface area contributed by atoms with Gasteiger partial charge in [-0.15, -0.1) is 0 Å². The van der Waals surface area contributed by atoms with E-state index in [1.54, 1.807) is 12.3 Å². The normalized spacial score (nSPS) is 10.7. The van der Waals surface area contributed by atoms with E-state index in [9.17, 15) is 4.79 Å². The highest BCUT2D eigenvalue weighted by Crippen LogP contribution is 2.18. The maximum atomic E-state index is 10.6. The summed E-state index contributed by atoms with van der Waals surface area (Å²) in [5, 5.41) is 8.70. The van der Waals surface area contributed by atoms with Crippen molar-refractivity contribution in [2.75, 3.05) is 6.61 Å². The first kappa shape index (κ1) is 14.7. The lowest BCUT2D eigenvalue weighted by atomic mass is 10.2. The van der Waals surface area contributed by atoms with Gasteiger partial charge < -0.3 is 9.84 Å². The van der Waals surface area contributed by atoms with Gasteiger partial charge in [0, 0.05) is 30.1 Å². The van der Waals surface area contributed by atoms with E-state index in [0.29, 0.717) is 24.5 Å². The number of ether oxygens (including phenoxy) is 1. The number of aliphatic carboxylic acids is 1. The van der Waals surface area contributed by atoms with Gasteiger partial charge in [-0.2, -0.15) is 0 Å². The van der Waals surface area contributed by atoms with Crippen molar-refractivity contribution in [3.8, 4) is 5.75 Å². The number of aryl methyl sites for hydroxylation is 1. The number of nitrogens with zero attached hydrogens (tertiary/aromatic N) is 2. The summed E-state index contributed by atoms with van der Waals surface area (Å²) in [6.45, 7) is 2.30. The van der Waals surface area contributed by atoms with Gasteiger partial charge in [-0.25, -0.2) is 9.78 Å². The highest BCUT2D eigenvalue weighted by Gasteiger charge is 2.04. The topological polar surface area (TPSA) is 72.3 Å². The number of hydrogen-bond acceptors (Lipinski definition) is 4. The Morgan fingerprint density at radius 1 is 1.33 bits per heavy atom. The first-order valence-electron chi connectivity index (χ1n) is 6.56. The highest BCUT2D eigenvalue weighted by molar-refractivity contribution is 5.85. The molecule has 0 aliphatic heterocycles. The SMILES string of the molecule is Cc1ccc(OCCc2ccccn2)c(C=CC(=O)O)n1. The molecule has 0 aliphatic rings. The molecule has 21 heavy (non-hydrogen) atoms. The van der Waals surface area contributed by atoms with E-state index in [0.717, 1.165) is 17.5 Å². The van der Waals surface area contributed by atoms with E-state index in [1.807, 2.05) is 31.2 Å². The summed E-state index contributed by atoms with van der Waals surface area (Å²) in [5.41, 5.74) is 2.26. The van der Waals surface area contributed by atoms with Crippen molar-refractivity contribution in [2.24, 2.45) is 0 Å². The number of carboxylic acids is 1. The summed E-state index contributed by atoms with van der Waals surface area (Å²) >= 11 is 0. The van der Waals surface area contributed by atoms with Crippen LogP contribution in [0.3, 0.4) is 0 Å². The quantitative estimate of drug-likeness (QED) is 0.825. The third-order valence-corrected chi connectivity index (χ3v) is 2.75. The fraction of sp³-hybridized carbons (Fsp3) is 0.188. The zero-order chi connectivity index (χ0) is 15.1. The van der Waals surface area contributed by atoms with Gasteiger partial charge in [0.05, 0.1) is 6.61 Å². The van der Waals surface area contributed by atoms with Crippen LogP contribution in [0.15, 0.2) is 42.6 Å². The van der Waals surface area contributed by atoms with E-state index in [4.69, 9.17) is 9.84 Å². The van der Waals surface area contributed by atoms with E-state index in [2.05, 4.69) is 9.97 Å². The van der Waals surface area contributed by atoms with Gasteiger partial charge in [0.25, 0.3) is 0 Å². The van der Waals surface area contributed by atoms with Crippen LogP contribution in [0.1, 0.15) is 17.1 Å². The number of pyridine rings is 2. The van der Waals surface area contributed by atoms with Crippen molar-refractivity contribution < 1.29 is 14.6 Å². The largest absolute Gasteiger partial charge is 0.491 e. The molecule has 0 radical (unpaired) electrons. The van der Waals surface area contributed by atoms with Gasteiger partial charge in [-0.3, -0.25) is 4.98 Å². The molecule has 0 unspecified atom stereocenters. The number of carboxylic acid groups (broad SMARTS) is 1. The number of rotatable bonds is 6. The maximum absolute atomic E-state index is 10.6. The monoisotopic (exact) mass is 284 g/mol. The maximum Gasteiger partial charge on any atom is 0.328 e. The second-order valence-corrected chi connectivity index (χ2v) is 4.43. The molecule has 2 aromatic heterocycles. The van der Waals surface area contributed by atoms with Gasteiger partial charge in [0.2, 0.25) is 0 Å². The predicted octanol–water partition coefficient (Wildman–Crippen LogP) is 2.50. The summed E-state index contributed by atoms with van der Waals surface area (Å²) in [4.78, 5) is 19.1. The minimum Gasteiger partial charge on any atom is -0.491 e. The third kappa shape index (κ3) is 4.72. The molecule has 5 nitrogen and oxygen atoms in total. The Morgan fingerprint density at radius 3 is 2.90 bits per heavy atom. The molecular weight excluding hydrogens is 268 g/mol. The molecule has 0 spiro atoms. The van der Waals surface area contributed by atoms with Crippen molar-refractivity contribution in [3.63, 3.8) is 0 Å². The van der Waals surface area contributed by atoms with Crippen molar-refractivity contribution >= 4 is 12.0 Å². The summed E-state index contributed by atoms with van der Waals surface area (Å²) in [7, 11) is 0. The van der Waals surface area contributed by atoms with Gasteiger partial charge in [0.1, 0.15) is 11.4 Å². The Labute approximate surface area is 122 Å². The smallest absolute Gasteiger partial charge is 0.328 e. The fourth-order valence-corrected chi connectivity index (χ4v) is 1.77. The van der Waals surface area contributed by atoms with Crippen LogP contribution in [-0.4, -0.2) is 27.7 Å². The van der Waals surface area contributed by atoms with Crippen LogP contribution in [0, 0.1) is 6.92 Å². The minimum absolute atomic E-state index is 0.454. The van der Waals surface area contributed by atoms with Gasteiger partial charge in [-0.1, -0.05) is 6.07 Å². The minimum atomic E-state index is -1.02. The van der Waals surface area contributed by atoms with Crippen LogP contribution in [0.5, 0.6) is 5.75 Å². The molecule has 108 valence electrons. The zero-order valence-electron chi connectivity index (χ0n) is 11.7. The van der Waals surface area contributed by atoms with Crippen LogP contribution in [0.2, 0.25) is 0 Å². The van der Waals surface area contributed by atoms with Gasteiger partial charge in [0.15, 0.2) is 0 Å². The Bertz CT molecular complexity index is 639. The molecule has 2 heterocycles. The first-order chi connectivity index (χ1) is 10.1. The van der Waals surface area contributed by atoms with Crippen molar-refractivity contribution in [1.29, 1.82) is 0 Å². The number of hydrogen-bond donors (Lipinski definition) is 1. The molecule has 2 rings (SSSR count). The van der Waals surface area contributed by atoms with Crippen molar-refractivity contribution in [1.82, 2.24) is 9.97 Å². The summed E-state index contributed by atoms with van der Waals surface area (Å²) in [5.74, 6) is -0.452. The third-order valence-electron chi connectivity index (χ3n) is 2.75. The lowest BCUT2D eigenvalue weighted by Crippen LogP contribution is -2.04. The van der Waals surface area contributed by atoms with Gasteiger partial charge in [-0.05, 0) is 37.3 Å². The highest BCUT2D eigenvalue weighted by atomic mass is 16.5. The molecule has 0 bridgehead atoms. The summed E-state index contributed by atoms with van der Waals surface area (Å²) < 4.78 is 5.68. The second kappa shape index (κ2) is 7.19. The van der Waals surface area contributed by atoms with E-state index in [1.165, 1.54) is 6.08 Å². The molecule has 0 fully saturated rings. The second-order valence-electron chi connectivity index (χ2n) is 4.43. The van der Waals surface area contributed by atoms with Crippen LogP contribution in [0.4, 0.5) is 0 Å². The average molecular weight is 284 g/mol. The molecular formula is C16H16N2O3. The molecule has 1 N–H and O–H groups in total. The lowest BCUT2D eigenvalue weighted by molar-refractivity contribution is -0.131. The molecule has 0 amide bonds. The van der Waals surface area contributed by atoms with E-state index < -0.39 is 5.97 Å². The molecule has 0 saturated carbocycles. The number of carbonyl (C=O) groups is 1.